The van der Waals surface area contributed by atoms with E-state index in [0.29, 0.717) is 6.54 Å². The third-order valence-corrected chi connectivity index (χ3v) is 3.28. The van der Waals surface area contributed by atoms with Gasteiger partial charge in [-0.3, -0.25) is 4.79 Å². The van der Waals surface area contributed by atoms with Crippen LogP contribution in [0.3, 0.4) is 0 Å². The molecule has 122 valence electrons. The Balaban J connectivity index is 0.00000220. The Morgan fingerprint density at radius 2 is 2.00 bits per heavy atom. The van der Waals surface area contributed by atoms with Gasteiger partial charge in [0.05, 0.1) is 6.33 Å². The van der Waals surface area contributed by atoms with E-state index in [1.165, 1.54) is 0 Å². The first-order valence-corrected chi connectivity index (χ1v) is 6.69. The minimum Gasteiger partial charge on any atom is -0.354 e. The summed E-state index contributed by atoms with van der Waals surface area (Å²) in [5, 5.41) is 2.89. The fourth-order valence-corrected chi connectivity index (χ4v) is 1.98. The number of hydrogen-bond acceptors (Lipinski definition) is 3. The first kappa shape index (κ1) is 20.4. The highest BCUT2D eigenvalue weighted by Gasteiger charge is 2.29. The Labute approximate surface area is 143 Å². The average Bonchev–Trinajstić information content (AvgIpc) is 2.97. The first-order chi connectivity index (χ1) is 9.60. The topological polar surface area (TPSA) is 72.9 Å². The Morgan fingerprint density at radius 3 is 2.59 bits per heavy atom. The van der Waals surface area contributed by atoms with Gasteiger partial charge in [0.15, 0.2) is 0 Å². The number of rotatable bonds is 6. The summed E-state index contributed by atoms with van der Waals surface area (Å²) in [5.41, 5.74) is 5.94. The van der Waals surface area contributed by atoms with Crippen LogP contribution in [0.2, 0.25) is 0 Å². The minimum atomic E-state index is -1.00. The quantitative estimate of drug-likeness (QED) is 0.788. The molecule has 1 aromatic heterocycles. The fourth-order valence-electron chi connectivity index (χ4n) is 1.98. The molecule has 5 nitrogen and oxygen atoms in total. The number of nitrogens with two attached hydrogens (primary N) is 1. The van der Waals surface area contributed by atoms with Gasteiger partial charge in [0.25, 0.3) is 0 Å². The van der Waals surface area contributed by atoms with Crippen molar-refractivity contribution in [3.05, 3.63) is 54.6 Å². The highest BCUT2D eigenvalue weighted by Crippen LogP contribution is 2.17. The van der Waals surface area contributed by atoms with Crippen molar-refractivity contribution in [3.8, 4) is 0 Å². The van der Waals surface area contributed by atoms with E-state index in [1.807, 2.05) is 41.1 Å². The number of aryl methyl sites for hydroxylation is 1. The summed E-state index contributed by atoms with van der Waals surface area (Å²) in [6, 6.07) is 9.40. The van der Waals surface area contributed by atoms with Gasteiger partial charge in [-0.15, -0.1) is 24.8 Å². The summed E-state index contributed by atoms with van der Waals surface area (Å²) in [6.07, 6.45) is 6.25. The lowest BCUT2D eigenvalue weighted by Crippen LogP contribution is -2.49. The van der Waals surface area contributed by atoms with E-state index in [1.54, 1.807) is 19.4 Å². The lowest BCUT2D eigenvalue weighted by atomic mass is 9.92. The van der Waals surface area contributed by atoms with Gasteiger partial charge >= 0.3 is 0 Å². The molecule has 1 aromatic carbocycles. The van der Waals surface area contributed by atoms with Crippen LogP contribution >= 0.6 is 24.8 Å². The summed E-state index contributed by atoms with van der Waals surface area (Å²) in [7, 11) is 0. The van der Waals surface area contributed by atoms with Crippen LogP contribution in [-0.4, -0.2) is 22.0 Å². The molecule has 1 unspecified atom stereocenters. The van der Waals surface area contributed by atoms with Crippen LogP contribution in [0.1, 0.15) is 18.9 Å². The molecule has 1 atom stereocenters. The van der Waals surface area contributed by atoms with Crippen LogP contribution in [-0.2, 0) is 16.9 Å². The number of hydrogen-bond donors (Lipinski definition) is 2. The van der Waals surface area contributed by atoms with E-state index in [2.05, 4.69) is 10.3 Å². The zero-order valence-electron chi connectivity index (χ0n) is 12.4. The fraction of sp³-hybridized carbons (Fsp3) is 0.333. The maximum absolute atomic E-state index is 12.2. The maximum Gasteiger partial charge on any atom is 0.244 e. The second-order valence-corrected chi connectivity index (χ2v) is 4.98. The Kier molecular flexibility index (Phi) is 8.79. The molecule has 0 saturated carbocycles. The van der Waals surface area contributed by atoms with Crippen molar-refractivity contribution in [1.82, 2.24) is 14.9 Å². The number of benzene rings is 1. The van der Waals surface area contributed by atoms with Gasteiger partial charge < -0.3 is 15.6 Å². The SMILES string of the molecule is CC(N)(C(=O)NCCCn1ccnc1)c1ccccc1.Cl.Cl. The van der Waals surface area contributed by atoms with Crippen LogP contribution < -0.4 is 11.1 Å². The molecule has 0 spiro atoms. The van der Waals surface area contributed by atoms with Crippen molar-refractivity contribution < 1.29 is 4.79 Å². The molecule has 2 aromatic rings. The molecule has 2 rings (SSSR count). The lowest BCUT2D eigenvalue weighted by molar-refractivity contribution is -0.126. The number of imidazole rings is 1. The van der Waals surface area contributed by atoms with Crippen molar-refractivity contribution >= 4 is 30.7 Å². The van der Waals surface area contributed by atoms with Gasteiger partial charge in [-0.2, -0.15) is 0 Å². The molecule has 0 radical (unpaired) electrons. The summed E-state index contributed by atoms with van der Waals surface area (Å²) in [5.74, 6) is -0.158. The van der Waals surface area contributed by atoms with E-state index in [-0.39, 0.29) is 30.7 Å². The van der Waals surface area contributed by atoms with Crippen LogP contribution in [0.25, 0.3) is 0 Å². The Hall–Kier alpha value is -1.56. The van der Waals surface area contributed by atoms with Gasteiger partial charge in [-0.1, -0.05) is 30.3 Å². The molecule has 1 amide bonds. The molecule has 7 heteroatoms. The third-order valence-electron chi connectivity index (χ3n) is 3.28. The average molecular weight is 345 g/mol. The highest BCUT2D eigenvalue weighted by atomic mass is 35.5. The van der Waals surface area contributed by atoms with E-state index >= 15 is 0 Å². The number of halogens is 2. The minimum absolute atomic E-state index is 0. The second-order valence-electron chi connectivity index (χ2n) is 4.98. The van der Waals surface area contributed by atoms with E-state index in [4.69, 9.17) is 5.73 Å². The zero-order valence-corrected chi connectivity index (χ0v) is 14.1. The van der Waals surface area contributed by atoms with Crippen molar-refractivity contribution in [2.45, 2.75) is 25.4 Å². The van der Waals surface area contributed by atoms with Crippen LogP contribution in [0.5, 0.6) is 0 Å². The van der Waals surface area contributed by atoms with Crippen LogP contribution in [0, 0.1) is 0 Å². The summed E-state index contributed by atoms with van der Waals surface area (Å²) < 4.78 is 1.98. The number of aromatic nitrogens is 2. The van der Waals surface area contributed by atoms with Gasteiger partial charge in [0, 0.05) is 25.5 Å². The molecule has 0 saturated heterocycles. The number of amides is 1. The number of nitrogens with one attached hydrogen (secondary N) is 1. The normalized spacial score (nSPS) is 12.5. The largest absolute Gasteiger partial charge is 0.354 e. The van der Waals surface area contributed by atoms with Gasteiger partial charge in [0.2, 0.25) is 5.91 Å². The maximum atomic E-state index is 12.2. The van der Waals surface area contributed by atoms with Gasteiger partial charge in [-0.25, -0.2) is 4.98 Å². The standard InChI is InChI=1S/C15H20N4O.2ClH/c1-15(16,13-6-3-2-4-7-13)14(20)18-8-5-10-19-11-9-17-12-19;;/h2-4,6-7,9,11-12H,5,8,10,16H2,1H3,(H,18,20);2*1H. The smallest absolute Gasteiger partial charge is 0.244 e. The second kappa shape index (κ2) is 9.46. The molecule has 0 bridgehead atoms. The monoisotopic (exact) mass is 344 g/mol. The molecule has 0 aliphatic carbocycles. The molecular formula is C15H22Cl2N4O. The number of nitrogens with zero attached hydrogens (tertiary/aromatic N) is 2. The molecule has 0 aliphatic rings. The van der Waals surface area contributed by atoms with E-state index in [9.17, 15) is 4.79 Å². The summed E-state index contributed by atoms with van der Waals surface area (Å²) >= 11 is 0. The van der Waals surface area contributed by atoms with Crippen molar-refractivity contribution in [2.75, 3.05) is 6.54 Å². The predicted octanol–water partition coefficient (Wildman–Crippen LogP) is 2.11. The van der Waals surface area contributed by atoms with Crippen molar-refractivity contribution in [1.29, 1.82) is 0 Å². The first-order valence-electron chi connectivity index (χ1n) is 6.69. The van der Waals surface area contributed by atoms with Crippen molar-refractivity contribution in [3.63, 3.8) is 0 Å². The lowest BCUT2D eigenvalue weighted by Gasteiger charge is -2.24. The zero-order chi connectivity index (χ0) is 14.4. The molecule has 0 aliphatic heterocycles. The Morgan fingerprint density at radius 1 is 1.32 bits per heavy atom. The molecule has 0 fully saturated rings. The molecule has 1 heterocycles. The molecule has 22 heavy (non-hydrogen) atoms. The van der Waals surface area contributed by atoms with E-state index in [0.717, 1.165) is 18.5 Å². The van der Waals surface area contributed by atoms with Crippen LogP contribution in [0.4, 0.5) is 0 Å². The third kappa shape index (κ3) is 5.33. The van der Waals surface area contributed by atoms with Gasteiger partial charge in [-0.05, 0) is 18.9 Å². The Bertz CT molecular complexity index is 544. The summed E-state index contributed by atoms with van der Waals surface area (Å²) in [6.45, 7) is 3.15. The predicted molar refractivity (Wildman–Crippen MR) is 92.3 cm³/mol. The number of carbonyl (C=O) groups is 1. The van der Waals surface area contributed by atoms with Crippen LogP contribution in [0.15, 0.2) is 49.1 Å². The molecular weight excluding hydrogens is 323 g/mol. The van der Waals surface area contributed by atoms with E-state index < -0.39 is 5.54 Å². The highest BCUT2D eigenvalue weighted by molar-refractivity contribution is 5.87. The van der Waals surface area contributed by atoms with Crippen molar-refractivity contribution in [2.24, 2.45) is 5.73 Å². The summed E-state index contributed by atoms with van der Waals surface area (Å²) in [4.78, 5) is 16.1. The molecule has 3 N–H and O–H groups in total. The van der Waals surface area contributed by atoms with Gasteiger partial charge in [0.1, 0.15) is 5.54 Å². The number of carbonyl (C=O) groups excluding carboxylic acids is 1.